The fraction of sp³-hybridized carbons (Fsp3) is 0.500. The number of anilines is 1. The lowest BCUT2D eigenvalue weighted by Gasteiger charge is -2.29. The number of amides is 2. The summed E-state index contributed by atoms with van der Waals surface area (Å²) < 4.78 is 1.56. The molecule has 9 heteroatoms. The lowest BCUT2D eigenvalue weighted by Crippen LogP contribution is -2.41. The summed E-state index contributed by atoms with van der Waals surface area (Å²) in [6.07, 6.45) is 4.63. The Kier molecular flexibility index (Phi) is 6.44. The van der Waals surface area contributed by atoms with Crippen molar-refractivity contribution >= 4 is 29.3 Å². The molecule has 2 N–H and O–H groups in total. The number of carbonyl (C=O) groups is 2. The van der Waals surface area contributed by atoms with Crippen LogP contribution in [0.4, 0.5) is 5.69 Å². The predicted octanol–water partition coefficient (Wildman–Crippen LogP) is 2.41. The quantitative estimate of drug-likeness (QED) is 0.737. The average molecular weight is 388 g/mol. The molecule has 0 saturated heterocycles. The number of nitrogens with one attached hydrogen (secondary N) is 2. The lowest BCUT2D eigenvalue weighted by atomic mass is 9.86. The van der Waals surface area contributed by atoms with Gasteiger partial charge in [0.05, 0.1) is 11.4 Å². The first-order valence-electron chi connectivity index (χ1n) is 9.11. The minimum absolute atomic E-state index is 0.000275. The fourth-order valence-electron chi connectivity index (χ4n) is 3.26. The second kappa shape index (κ2) is 8.98. The molecule has 1 saturated carbocycles. The molecule has 144 valence electrons. The number of tetrazole rings is 1. The maximum Gasteiger partial charge on any atom is 0.230 e. The number of thioether (sulfide) groups is 1. The van der Waals surface area contributed by atoms with Gasteiger partial charge in [-0.1, -0.05) is 37.6 Å². The van der Waals surface area contributed by atoms with E-state index in [2.05, 4.69) is 33.1 Å². The van der Waals surface area contributed by atoms with E-state index in [1.807, 2.05) is 12.1 Å². The zero-order chi connectivity index (χ0) is 19.2. The zero-order valence-electron chi connectivity index (χ0n) is 15.5. The maximum atomic E-state index is 12.3. The number of rotatable bonds is 6. The van der Waals surface area contributed by atoms with E-state index in [1.165, 1.54) is 37.9 Å². The number of nitrogens with zero attached hydrogens (tertiary/aromatic N) is 4. The average Bonchev–Trinajstić information content (AvgIpc) is 3.10. The second-order valence-electron chi connectivity index (χ2n) is 6.83. The molecule has 1 aromatic carbocycles. The predicted molar refractivity (Wildman–Crippen MR) is 104 cm³/mol. The molecule has 0 spiro atoms. The van der Waals surface area contributed by atoms with Gasteiger partial charge in [-0.2, -0.15) is 4.68 Å². The number of carbonyl (C=O) groups excluding carboxylic acids is 2. The van der Waals surface area contributed by atoms with E-state index in [4.69, 9.17) is 0 Å². The first kappa shape index (κ1) is 19.3. The standard InChI is InChI=1S/C18H24N6O2S/c1-12-6-3-4-9-16(12)20-17(26)11-27-18-21-22-23-24(18)15-8-5-7-14(10-15)19-13(2)25/h5,7-8,10,12,16H,3-4,6,9,11H2,1-2H3,(H,19,25)(H,20,26). The van der Waals surface area contributed by atoms with E-state index in [0.717, 1.165) is 12.1 Å². The third-order valence-corrected chi connectivity index (χ3v) is 5.56. The topological polar surface area (TPSA) is 102 Å². The van der Waals surface area contributed by atoms with Crippen LogP contribution in [-0.2, 0) is 9.59 Å². The molecule has 2 atom stereocenters. The molecule has 2 aromatic rings. The molecule has 0 aliphatic heterocycles. The first-order valence-corrected chi connectivity index (χ1v) is 10.1. The molecule has 0 radical (unpaired) electrons. The highest BCUT2D eigenvalue weighted by molar-refractivity contribution is 7.99. The highest BCUT2D eigenvalue weighted by Crippen LogP contribution is 2.24. The van der Waals surface area contributed by atoms with Gasteiger partial charge in [-0.25, -0.2) is 0 Å². The third kappa shape index (κ3) is 5.29. The Labute approximate surface area is 162 Å². The Hall–Kier alpha value is -2.42. The van der Waals surface area contributed by atoms with Gasteiger partial charge >= 0.3 is 0 Å². The van der Waals surface area contributed by atoms with E-state index in [1.54, 1.807) is 16.8 Å². The Balaban J connectivity index is 1.62. The molecule has 0 bridgehead atoms. The zero-order valence-corrected chi connectivity index (χ0v) is 16.3. The van der Waals surface area contributed by atoms with Gasteiger partial charge < -0.3 is 10.6 Å². The summed E-state index contributed by atoms with van der Waals surface area (Å²) in [5.74, 6) is 0.636. The Morgan fingerprint density at radius 2 is 2.11 bits per heavy atom. The van der Waals surface area contributed by atoms with Crippen LogP contribution in [-0.4, -0.2) is 43.8 Å². The molecule has 1 aromatic heterocycles. The summed E-state index contributed by atoms with van der Waals surface area (Å²) in [4.78, 5) is 23.6. The van der Waals surface area contributed by atoms with Gasteiger partial charge in [0, 0.05) is 18.7 Å². The van der Waals surface area contributed by atoms with Crippen molar-refractivity contribution in [1.29, 1.82) is 0 Å². The molecular weight excluding hydrogens is 364 g/mol. The minimum atomic E-state index is -0.146. The molecule has 8 nitrogen and oxygen atoms in total. The van der Waals surface area contributed by atoms with Crippen LogP contribution in [0.1, 0.15) is 39.5 Å². The van der Waals surface area contributed by atoms with Gasteiger partial charge in [-0.15, -0.1) is 5.10 Å². The highest BCUT2D eigenvalue weighted by Gasteiger charge is 2.23. The lowest BCUT2D eigenvalue weighted by molar-refractivity contribution is -0.119. The number of hydrogen-bond donors (Lipinski definition) is 2. The Morgan fingerprint density at radius 1 is 1.30 bits per heavy atom. The molecule has 27 heavy (non-hydrogen) atoms. The van der Waals surface area contributed by atoms with Crippen LogP contribution in [0.5, 0.6) is 0 Å². The van der Waals surface area contributed by atoms with Crippen molar-refractivity contribution in [3.05, 3.63) is 24.3 Å². The SMILES string of the molecule is CC(=O)Nc1cccc(-n2nnnc2SCC(=O)NC2CCCCC2C)c1. The number of benzene rings is 1. The van der Waals surface area contributed by atoms with Crippen molar-refractivity contribution in [3.8, 4) is 5.69 Å². The summed E-state index contributed by atoms with van der Waals surface area (Å²) in [6.45, 7) is 3.65. The molecule has 3 rings (SSSR count). The minimum Gasteiger partial charge on any atom is -0.352 e. The largest absolute Gasteiger partial charge is 0.352 e. The molecule has 2 unspecified atom stereocenters. The Morgan fingerprint density at radius 3 is 2.89 bits per heavy atom. The van der Waals surface area contributed by atoms with Crippen molar-refractivity contribution in [1.82, 2.24) is 25.5 Å². The van der Waals surface area contributed by atoms with Gasteiger partial charge in [0.2, 0.25) is 17.0 Å². The van der Waals surface area contributed by atoms with Gasteiger partial charge in [0.25, 0.3) is 0 Å². The normalized spacial score (nSPS) is 19.5. The van der Waals surface area contributed by atoms with Crippen molar-refractivity contribution < 1.29 is 9.59 Å². The van der Waals surface area contributed by atoms with Crippen molar-refractivity contribution in [3.63, 3.8) is 0 Å². The molecular formula is C18H24N6O2S. The first-order chi connectivity index (χ1) is 13.0. The summed E-state index contributed by atoms with van der Waals surface area (Å²) in [5, 5.41) is 18.1. The van der Waals surface area contributed by atoms with E-state index in [-0.39, 0.29) is 23.6 Å². The summed E-state index contributed by atoms with van der Waals surface area (Å²) in [7, 11) is 0. The van der Waals surface area contributed by atoms with E-state index < -0.39 is 0 Å². The molecule has 1 aliphatic rings. The molecule has 1 fully saturated rings. The molecule has 1 aliphatic carbocycles. The van der Waals surface area contributed by atoms with Crippen LogP contribution in [0.3, 0.4) is 0 Å². The molecule has 2 amide bonds. The van der Waals surface area contributed by atoms with Crippen LogP contribution >= 0.6 is 11.8 Å². The van der Waals surface area contributed by atoms with Crippen LogP contribution in [0.15, 0.2) is 29.4 Å². The highest BCUT2D eigenvalue weighted by atomic mass is 32.2. The van der Waals surface area contributed by atoms with E-state index in [9.17, 15) is 9.59 Å². The van der Waals surface area contributed by atoms with E-state index >= 15 is 0 Å². The van der Waals surface area contributed by atoms with Gasteiger partial charge in [0.1, 0.15) is 0 Å². The van der Waals surface area contributed by atoms with Crippen LogP contribution in [0, 0.1) is 5.92 Å². The smallest absolute Gasteiger partial charge is 0.230 e. The monoisotopic (exact) mass is 388 g/mol. The second-order valence-corrected chi connectivity index (χ2v) is 7.77. The van der Waals surface area contributed by atoms with Crippen molar-refractivity contribution in [2.24, 2.45) is 5.92 Å². The fourth-order valence-corrected chi connectivity index (χ4v) is 3.96. The summed E-state index contributed by atoms with van der Waals surface area (Å²) in [5.41, 5.74) is 1.38. The van der Waals surface area contributed by atoms with E-state index in [0.29, 0.717) is 16.8 Å². The molecule has 1 heterocycles. The van der Waals surface area contributed by atoms with Gasteiger partial charge in [-0.3, -0.25) is 9.59 Å². The van der Waals surface area contributed by atoms with Crippen LogP contribution in [0.25, 0.3) is 5.69 Å². The van der Waals surface area contributed by atoms with Crippen molar-refractivity contribution in [2.45, 2.75) is 50.7 Å². The van der Waals surface area contributed by atoms with Crippen LogP contribution < -0.4 is 10.6 Å². The summed E-state index contributed by atoms with van der Waals surface area (Å²) in [6, 6.07) is 7.49. The summed E-state index contributed by atoms with van der Waals surface area (Å²) >= 11 is 1.29. The number of aromatic nitrogens is 4. The van der Waals surface area contributed by atoms with Gasteiger partial charge in [-0.05, 0) is 47.4 Å². The third-order valence-electron chi connectivity index (χ3n) is 4.64. The Bertz CT molecular complexity index is 809. The van der Waals surface area contributed by atoms with Crippen molar-refractivity contribution in [2.75, 3.05) is 11.1 Å². The number of hydrogen-bond acceptors (Lipinski definition) is 6. The van der Waals surface area contributed by atoms with Gasteiger partial charge in [0.15, 0.2) is 0 Å². The maximum absolute atomic E-state index is 12.3. The van der Waals surface area contributed by atoms with Crippen LogP contribution in [0.2, 0.25) is 0 Å².